The van der Waals surface area contributed by atoms with E-state index in [2.05, 4.69) is 0 Å². The molecule has 0 bridgehead atoms. The Morgan fingerprint density at radius 2 is 2.00 bits per heavy atom. The number of phenols is 2. The van der Waals surface area contributed by atoms with Crippen molar-refractivity contribution in [1.82, 2.24) is 4.90 Å². The van der Waals surface area contributed by atoms with Crippen LogP contribution in [0.3, 0.4) is 0 Å². The van der Waals surface area contributed by atoms with Crippen molar-refractivity contribution in [3.05, 3.63) is 23.8 Å². The summed E-state index contributed by atoms with van der Waals surface area (Å²) in [5.41, 5.74) is 0.227. The number of hydrogen-bond donors (Lipinski definition) is 2. The van der Waals surface area contributed by atoms with Crippen LogP contribution >= 0.6 is 0 Å². The Bertz CT molecular complexity index is 402. The van der Waals surface area contributed by atoms with Gasteiger partial charge in [0.15, 0.2) is 0 Å². The minimum absolute atomic E-state index is 0.0503. The Balaban J connectivity index is 3.01. The smallest absolute Gasteiger partial charge is 0.257 e. The summed E-state index contributed by atoms with van der Waals surface area (Å²) in [6, 6.07) is 4.10. The number of benzene rings is 1. The lowest BCUT2D eigenvalue weighted by Gasteiger charge is -2.26. The van der Waals surface area contributed by atoms with Crippen molar-refractivity contribution in [2.45, 2.75) is 33.2 Å². The Hall–Kier alpha value is -1.71. The van der Waals surface area contributed by atoms with Crippen LogP contribution < -0.4 is 0 Å². The molecule has 1 aromatic rings. The zero-order valence-electron chi connectivity index (χ0n) is 10.5. The normalized spacial score (nSPS) is 10.6. The summed E-state index contributed by atoms with van der Waals surface area (Å²) in [5, 5.41) is 18.8. The van der Waals surface area contributed by atoms with Crippen LogP contribution in [0.1, 0.15) is 37.6 Å². The predicted octanol–water partition coefficient (Wildman–Crippen LogP) is 2.36. The number of rotatable bonds is 4. The lowest BCUT2D eigenvalue weighted by molar-refractivity contribution is 0.0703. The minimum atomic E-state index is -0.209. The first kappa shape index (κ1) is 13.4. The van der Waals surface area contributed by atoms with Crippen molar-refractivity contribution in [2.75, 3.05) is 6.54 Å². The van der Waals surface area contributed by atoms with Gasteiger partial charge in [0.1, 0.15) is 11.5 Å². The van der Waals surface area contributed by atoms with Crippen LogP contribution in [0.5, 0.6) is 11.5 Å². The molecule has 4 nitrogen and oxygen atoms in total. The second-order valence-corrected chi connectivity index (χ2v) is 4.29. The van der Waals surface area contributed by atoms with Crippen molar-refractivity contribution in [3.63, 3.8) is 0 Å². The summed E-state index contributed by atoms with van der Waals surface area (Å²) in [6.07, 6.45) is 0.864. The molecule has 0 heterocycles. The zero-order chi connectivity index (χ0) is 13.0. The second-order valence-electron chi connectivity index (χ2n) is 4.29. The van der Waals surface area contributed by atoms with Crippen molar-refractivity contribution in [2.24, 2.45) is 0 Å². The molecule has 0 atom stereocenters. The fraction of sp³-hybridized carbons (Fsp3) is 0.462. The first-order chi connectivity index (χ1) is 7.97. The lowest BCUT2D eigenvalue weighted by atomic mass is 10.1. The molecular weight excluding hydrogens is 218 g/mol. The monoisotopic (exact) mass is 237 g/mol. The molecule has 0 aliphatic rings. The van der Waals surface area contributed by atoms with Crippen LogP contribution in [0.15, 0.2) is 18.2 Å². The van der Waals surface area contributed by atoms with Crippen molar-refractivity contribution in [1.29, 1.82) is 0 Å². The summed E-state index contributed by atoms with van der Waals surface area (Å²) in [6.45, 7) is 6.52. The Morgan fingerprint density at radius 1 is 1.35 bits per heavy atom. The number of hydrogen-bond acceptors (Lipinski definition) is 3. The van der Waals surface area contributed by atoms with Crippen LogP contribution in [0, 0.1) is 0 Å². The van der Waals surface area contributed by atoms with Crippen molar-refractivity contribution in [3.8, 4) is 11.5 Å². The molecule has 0 aliphatic heterocycles. The average molecular weight is 237 g/mol. The lowest BCUT2D eigenvalue weighted by Crippen LogP contribution is -2.37. The number of aromatic hydroxyl groups is 2. The highest BCUT2D eigenvalue weighted by molar-refractivity contribution is 5.97. The number of carbonyl (C=O) groups is 1. The molecule has 0 saturated carbocycles. The van der Waals surface area contributed by atoms with Gasteiger partial charge in [0.05, 0.1) is 5.56 Å². The molecule has 94 valence electrons. The Kier molecular flexibility index (Phi) is 4.37. The molecule has 0 unspecified atom stereocenters. The van der Waals surface area contributed by atoms with Gasteiger partial charge in [0, 0.05) is 18.7 Å². The van der Waals surface area contributed by atoms with Crippen molar-refractivity contribution >= 4 is 5.91 Å². The molecular formula is C13H19NO3. The van der Waals surface area contributed by atoms with E-state index in [4.69, 9.17) is 0 Å². The van der Waals surface area contributed by atoms with Gasteiger partial charge in [0.25, 0.3) is 5.91 Å². The molecule has 0 fully saturated rings. The zero-order valence-corrected chi connectivity index (χ0v) is 10.5. The summed E-state index contributed by atoms with van der Waals surface area (Å²) in [7, 11) is 0. The van der Waals surface area contributed by atoms with Crippen LogP contribution in [0.25, 0.3) is 0 Å². The molecule has 0 aromatic heterocycles. The highest BCUT2D eigenvalue weighted by Gasteiger charge is 2.20. The quantitative estimate of drug-likeness (QED) is 0.845. The largest absolute Gasteiger partial charge is 0.508 e. The molecule has 1 rings (SSSR count). The van der Waals surface area contributed by atoms with Crippen LogP contribution in [0.4, 0.5) is 0 Å². The molecule has 4 heteroatoms. The van der Waals surface area contributed by atoms with Gasteiger partial charge >= 0.3 is 0 Å². The Morgan fingerprint density at radius 3 is 2.47 bits per heavy atom. The fourth-order valence-electron chi connectivity index (χ4n) is 1.69. The predicted molar refractivity (Wildman–Crippen MR) is 66.2 cm³/mol. The summed E-state index contributed by atoms with van der Waals surface area (Å²) >= 11 is 0. The van der Waals surface area contributed by atoms with Gasteiger partial charge in [-0.2, -0.15) is 0 Å². The second kappa shape index (κ2) is 5.57. The van der Waals surface area contributed by atoms with E-state index in [-0.39, 0.29) is 29.0 Å². The highest BCUT2D eigenvalue weighted by Crippen LogP contribution is 2.24. The van der Waals surface area contributed by atoms with Gasteiger partial charge in [-0.15, -0.1) is 0 Å². The van der Waals surface area contributed by atoms with Gasteiger partial charge in [-0.3, -0.25) is 4.79 Å². The van der Waals surface area contributed by atoms with Gasteiger partial charge < -0.3 is 15.1 Å². The summed E-state index contributed by atoms with van der Waals surface area (Å²) in [5.74, 6) is -0.443. The first-order valence-electron chi connectivity index (χ1n) is 5.80. The number of amides is 1. The van der Waals surface area contributed by atoms with Crippen LogP contribution in [-0.2, 0) is 0 Å². The van der Waals surface area contributed by atoms with Crippen LogP contribution in [0.2, 0.25) is 0 Å². The van der Waals surface area contributed by atoms with E-state index < -0.39 is 0 Å². The van der Waals surface area contributed by atoms with Gasteiger partial charge in [-0.25, -0.2) is 0 Å². The molecule has 0 spiro atoms. The molecule has 17 heavy (non-hydrogen) atoms. The molecule has 2 N–H and O–H groups in total. The molecule has 1 aromatic carbocycles. The molecule has 1 amide bonds. The number of phenolic OH excluding ortho intramolecular Hbond substituents is 2. The SMILES string of the molecule is CCCN(C(=O)c1ccc(O)cc1O)C(C)C. The molecule has 0 radical (unpaired) electrons. The molecule has 0 saturated heterocycles. The van der Waals surface area contributed by atoms with E-state index >= 15 is 0 Å². The van der Waals surface area contributed by atoms with Gasteiger partial charge in [-0.1, -0.05) is 6.92 Å². The van der Waals surface area contributed by atoms with E-state index in [1.54, 1.807) is 4.90 Å². The maximum absolute atomic E-state index is 12.2. The van der Waals surface area contributed by atoms with Crippen molar-refractivity contribution < 1.29 is 15.0 Å². The first-order valence-corrected chi connectivity index (χ1v) is 5.80. The standard InChI is InChI=1S/C13H19NO3/c1-4-7-14(9(2)3)13(17)11-6-5-10(15)8-12(11)16/h5-6,8-9,15-16H,4,7H2,1-3H3. The van der Waals surface area contributed by atoms with E-state index in [9.17, 15) is 15.0 Å². The molecule has 0 aliphatic carbocycles. The highest BCUT2D eigenvalue weighted by atomic mass is 16.3. The van der Waals surface area contributed by atoms with E-state index in [0.29, 0.717) is 6.54 Å². The average Bonchev–Trinajstić information content (AvgIpc) is 2.24. The Labute approximate surface area is 101 Å². The minimum Gasteiger partial charge on any atom is -0.508 e. The van der Waals surface area contributed by atoms with Crippen LogP contribution in [-0.4, -0.2) is 33.6 Å². The maximum atomic E-state index is 12.2. The topological polar surface area (TPSA) is 60.8 Å². The third-order valence-electron chi connectivity index (χ3n) is 2.56. The third kappa shape index (κ3) is 3.12. The van der Waals surface area contributed by atoms with E-state index in [0.717, 1.165) is 6.42 Å². The van der Waals surface area contributed by atoms with E-state index in [1.807, 2.05) is 20.8 Å². The summed E-state index contributed by atoms with van der Waals surface area (Å²) in [4.78, 5) is 13.9. The number of nitrogens with zero attached hydrogens (tertiary/aromatic N) is 1. The van der Waals surface area contributed by atoms with E-state index in [1.165, 1.54) is 18.2 Å². The maximum Gasteiger partial charge on any atom is 0.257 e. The summed E-state index contributed by atoms with van der Waals surface area (Å²) < 4.78 is 0. The number of carbonyl (C=O) groups excluding carboxylic acids is 1. The third-order valence-corrected chi connectivity index (χ3v) is 2.56. The fourth-order valence-corrected chi connectivity index (χ4v) is 1.69. The van der Waals surface area contributed by atoms with Gasteiger partial charge in [0.2, 0.25) is 0 Å². The van der Waals surface area contributed by atoms with Gasteiger partial charge in [-0.05, 0) is 32.4 Å².